The minimum absolute atomic E-state index is 0.799. The van der Waals surface area contributed by atoms with Gasteiger partial charge in [-0.15, -0.1) is 0 Å². The van der Waals surface area contributed by atoms with E-state index >= 15 is 0 Å². The topological polar surface area (TPSA) is 61.7 Å². The molecule has 2 aromatic heterocycles. The Morgan fingerprint density at radius 2 is 1.95 bits per heavy atom. The summed E-state index contributed by atoms with van der Waals surface area (Å²) in [5.41, 5.74) is 9.94. The van der Waals surface area contributed by atoms with Gasteiger partial charge in [0.05, 0.1) is 24.4 Å². The fourth-order valence-corrected chi connectivity index (χ4v) is 2.23. The summed E-state index contributed by atoms with van der Waals surface area (Å²) in [4.78, 5) is 4.24. The zero-order valence-corrected chi connectivity index (χ0v) is 11.4. The quantitative estimate of drug-likeness (QED) is 0.736. The van der Waals surface area contributed by atoms with Gasteiger partial charge in [0.2, 0.25) is 0 Å². The predicted molar refractivity (Wildman–Crippen MR) is 79.0 cm³/mol. The van der Waals surface area contributed by atoms with E-state index in [2.05, 4.69) is 26.8 Å². The molecule has 102 valence electrons. The van der Waals surface area contributed by atoms with Crippen LogP contribution in [0.3, 0.4) is 0 Å². The van der Waals surface area contributed by atoms with Crippen LogP contribution < -0.4 is 5.73 Å². The largest absolute Gasteiger partial charge is 0.399 e. The van der Waals surface area contributed by atoms with Crippen molar-refractivity contribution in [2.24, 2.45) is 7.05 Å². The first-order valence-corrected chi connectivity index (χ1v) is 6.56. The van der Waals surface area contributed by atoms with Crippen LogP contribution in [0.5, 0.6) is 0 Å². The van der Waals surface area contributed by atoms with E-state index in [9.17, 15) is 0 Å². The standard InChI is InChI=1S/C15H17N5/c1-19-10-13(8-18-19)15-9-17-11-20(15)7-6-12-2-4-14(16)5-3-12/h2-5,8-11H,6-7,16H2,1H3. The number of aryl methyl sites for hydroxylation is 3. The Morgan fingerprint density at radius 3 is 2.65 bits per heavy atom. The normalized spacial score (nSPS) is 10.8. The van der Waals surface area contributed by atoms with Crippen molar-refractivity contribution >= 4 is 5.69 Å². The van der Waals surface area contributed by atoms with Gasteiger partial charge in [0, 0.05) is 31.0 Å². The van der Waals surface area contributed by atoms with Gasteiger partial charge < -0.3 is 10.3 Å². The number of nitrogens with zero attached hydrogens (tertiary/aromatic N) is 4. The highest BCUT2D eigenvalue weighted by molar-refractivity contribution is 5.56. The second-order valence-electron chi connectivity index (χ2n) is 4.87. The Labute approximate surface area is 117 Å². The molecule has 0 unspecified atom stereocenters. The maximum absolute atomic E-state index is 5.70. The van der Waals surface area contributed by atoms with E-state index in [4.69, 9.17) is 5.73 Å². The predicted octanol–water partition coefficient (Wildman–Crippen LogP) is 2.11. The summed E-state index contributed by atoms with van der Waals surface area (Å²) in [6, 6.07) is 8.00. The van der Waals surface area contributed by atoms with Gasteiger partial charge in [-0.1, -0.05) is 12.1 Å². The molecule has 1 aromatic carbocycles. The Morgan fingerprint density at radius 1 is 1.15 bits per heavy atom. The van der Waals surface area contributed by atoms with Crippen LogP contribution in [0.1, 0.15) is 5.56 Å². The molecular weight excluding hydrogens is 250 g/mol. The van der Waals surface area contributed by atoms with E-state index in [1.54, 1.807) is 4.68 Å². The van der Waals surface area contributed by atoms with E-state index in [-0.39, 0.29) is 0 Å². The van der Waals surface area contributed by atoms with Crippen molar-refractivity contribution < 1.29 is 0 Å². The van der Waals surface area contributed by atoms with Gasteiger partial charge in [-0.05, 0) is 24.1 Å². The minimum atomic E-state index is 0.799. The number of benzene rings is 1. The lowest BCUT2D eigenvalue weighted by atomic mass is 10.1. The molecule has 2 heterocycles. The Balaban J connectivity index is 1.75. The summed E-state index contributed by atoms with van der Waals surface area (Å²) < 4.78 is 3.94. The molecule has 0 amide bonds. The number of anilines is 1. The van der Waals surface area contributed by atoms with Gasteiger partial charge in [-0.2, -0.15) is 5.10 Å². The first kappa shape index (κ1) is 12.5. The van der Waals surface area contributed by atoms with Crippen LogP contribution in [-0.2, 0) is 20.0 Å². The summed E-state index contributed by atoms with van der Waals surface area (Å²) in [5, 5.41) is 4.20. The van der Waals surface area contributed by atoms with E-state index < -0.39 is 0 Å². The van der Waals surface area contributed by atoms with E-state index in [0.717, 1.165) is 29.9 Å². The Kier molecular flexibility index (Phi) is 3.25. The first-order valence-electron chi connectivity index (χ1n) is 6.56. The van der Waals surface area contributed by atoms with Crippen LogP contribution in [0.15, 0.2) is 49.2 Å². The number of hydrogen-bond donors (Lipinski definition) is 1. The summed E-state index contributed by atoms with van der Waals surface area (Å²) in [7, 11) is 1.92. The van der Waals surface area contributed by atoms with Crippen molar-refractivity contribution in [3.05, 3.63) is 54.7 Å². The van der Waals surface area contributed by atoms with Gasteiger partial charge in [-0.3, -0.25) is 4.68 Å². The third kappa shape index (κ3) is 2.56. The molecule has 0 spiro atoms. The highest BCUT2D eigenvalue weighted by Gasteiger charge is 2.07. The molecule has 0 aliphatic heterocycles. The lowest BCUT2D eigenvalue weighted by Gasteiger charge is -2.07. The fraction of sp³-hybridized carbons (Fsp3) is 0.200. The van der Waals surface area contributed by atoms with Gasteiger partial charge in [0.15, 0.2) is 0 Å². The van der Waals surface area contributed by atoms with Gasteiger partial charge in [-0.25, -0.2) is 4.98 Å². The molecule has 0 aliphatic rings. The van der Waals surface area contributed by atoms with Crippen molar-refractivity contribution in [3.8, 4) is 11.3 Å². The lowest BCUT2D eigenvalue weighted by Crippen LogP contribution is -2.01. The van der Waals surface area contributed by atoms with Gasteiger partial charge >= 0.3 is 0 Å². The third-order valence-electron chi connectivity index (χ3n) is 3.33. The number of imidazole rings is 1. The zero-order chi connectivity index (χ0) is 13.9. The third-order valence-corrected chi connectivity index (χ3v) is 3.33. The monoisotopic (exact) mass is 267 g/mol. The number of hydrogen-bond acceptors (Lipinski definition) is 3. The molecule has 0 atom stereocenters. The van der Waals surface area contributed by atoms with Crippen LogP contribution in [0, 0.1) is 0 Å². The second-order valence-corrected chi connectivity index (χ2v) is 4.87. The Bertz CT molecular complexity index is 693. The average Bonchev–Trinajstić information content (AvgIpc) is 3.06. The van der Waals surface area contributed by atoms with Crippen LogP contribution in [-0.4, -0.2) is 19.3 Å². The number of nitrogen functional groups attached to an aromatic ring is 1. The SMILES string of the molecule is Cn1cc(-c2cncn2CCc2ccc(N)cc2)cn1. The van der Waals surface area contributed by atoms with Crippen molar-refractivity contribution in [2.75, 3.05) is 5.73 Å². The maximum Gasteiger partial charge on any atom is 0.0951 e. The van der Waals surface area contributed by atoms with Gasteiger partial charge in [0.25, 0.3) is 0 Å². The molecule has 0 bridgehead atoms. The molecule has 0 saturated heterocycles. The van der Waals surface area contributed by atoms with Crippen LogP contribution in [0.25, 0.3) is 11.3 Å². The van der Waals surface area contributed by atoms with E-state index in [0.29, 0.717) is 0 Å². The molecule has 0 fully saturated rings. The second kappa shape index (κ2) is 5.21. The molecule has 0 aliphatic carbocycles. The summed E-state index contributed by atoms with van der Waals surface area (Å²) >= 11 is 0. The fourth-order valence-electron chi connectivity index (χ4n) is 2.23. The molecule has 0 saturated carbocycles. The minimum Gasteiger partial charge on any atom is -0.399 e. The molecule has 3 rings (SSSR count). The Hall–Kier alpha value is -2.56. The first-order chi connectivity index (χ1) is 9.72. The zero-order valence-electron chi connectivity index (χ0n) is 11.4. The lowest BCUT2D eigenvalue weighted by molar-refractivity contribution is 0.701. The number of aromatic nitrogens is 4. The molecule has 3 aromatic rings. The highest BCUT2D eigenvalue weighted by Crippen LogP contribution is 2.18. The molecular formula is C15H17N5. The summed E-state index contributed by atoms with van der Waals surface area (Å²) in [6.07, 6.45) is 8.54. The van der Waals surface area contributed by atoms with Crippen molar-refractivity contribution in [1.29, 1.82) is 0 Å². The number of nitrogens with two attached hydrogens (primary N) is 1. The van der Waals surface area contributed by atoms with Crippen LogP contribution >= 0.6 is 0 Å². The molecule has 0 radical (unpaired) electrons. The molecule has 5 nitrogen and oxygen atoms in total. The van der Waals surface area contributed by atoms with Crippen molar-refractivity contribution in [3.63, 3.8) is 0 Å². The number of rotatable bonds is 4. The molecule has 5 heteroatoms. The van der Waals surface area contributed by atoms with Gasteiger partial charge in [0.1, 0.15) is 0 Å². The average molecular weight is 267 g/mol. The van der Waals surface area contributed by atoms with Crippen molar-refractivity contribution in [1.82, 2.24) is 19.3 Å². The smallest absolute Gasteiger partial charge is 0.0951 e. The van der Waals surface area contributed by atoms with Crippen molar-refractivity contribution in [2.45, 2.75) is 13.0 Å². The van der Waals surface area contributed by atoms with Crippen LogP contribution in [0.4, 0.5) is 5.69 Å². The summed E-state index contributed by atoms with van der Waals surface area (Å²) in [5.74, 6) is 0. The summed E-state index contributed by atoms with van der Waals surface area (Å²) in [6.45, 7) is 0.883. The van der Waals surface area contributed by atoms with Crippen LogP contribution in [0.2, 0.25) is 0 Å². The molecule has 2 N–H and O–H groups in total. The van der Waals surface area contributed by atoms with E-state index in [1.165, 1.54) is 5.56 Å². The maximum atomic E-state index is 5.70. The molecule has 20 heavy (non-hydrogen) atoms. The highest BCUT2D eigenvalue weighted by atomic mass is 15.2. The van der Waals surface area contributed by atoms with E-state index in [1.807, 2.05) is 44.1 Å².